The van der Waals surface area contributed by atoms with Gasteiger partial charge in [0.1, 0.15) is 6.54 Å². The first-order chi connectivity index (χ1) is 8.43. The molecule has 7 nitrogen and oxygen atoms in total. The van der Waals surface area contributed by atoms with E-state index >= 15 is 0 Å². The van der Waals surface area contributed by atoms with Crippen LogP contribution in [0.3, 0.4) is 0 Å². The first-order valence-electron chi connectivity index (χ1n) is 6.00. The molecule has 0 aromatic rings. The van der Waals surface area contributed by atoms with Crippen LogP contribution in [0.5, 0.6) is 0 Å². The molecule has 1 aliphatic rings. The Morgan fingerprint density at radius 2 is 2.06 bits per heavy atom. The lowest BCUT2D eigenvalue weighted by molar-refractivity contribution is -0.141. The van der Waals surface area contributed by atoms with Gasteiger partial charge in [0.25, 0.3) is 0 Å². The maximum absolute atomic E-state index is 11.8. The van der Waals surface area contributed by atoms with Crippen molar-refractivity contribution in [2.45, 2.75) is 32.2 Å². The van der Waals surface area contributed by atoms with E-state index in [0.717, 1.165) is 0 Å². The fourth-order valence-electron chi connectivity index (χ4n) is 2.12. The summed E-state index contributed by atoms with van der Waals surface area (Å²) in [4.78, 5) is 34.7. The number of carboxylic acids is 1. The van der Waals surface area contributed by atoms with E-state index in [1.54, 1.807) is 6.92 Å². The number of likely N-dealkylation sites (N-methyl/N-ethyl adjacent to an activating group) is 1. The van der Waals surface area contributed by atoms with Crippen LogP contribution in [0.4, 0.5) is 4.79 Å². The molecule has 0 radical (unpaired) electrons. The van der Waals surface area contributed by atoms with Crippen molar-refractivity contribution >= 4 is 17.9 Å². The number of hydrogen-bond acceptors (Lipinski definition) is 3. The summed E-state index contributed by atoms with van der Waals surface area (Å²) in [6, 6.07) is -0.507. The lowest BCUT2D eigenvalue weighted by atomic mass is 10.1. The Balaban J connectivity index is 2.44. The summed E-state index contributed by atoms with van der Waals surface area (Å²) in [6.45, 7) is 2.00. The van der Waals surface area contributed by atoms with Gasteiger partial charge in [-0.2, -0.15) is 0 Å². The number of rotatable bonds is 5. The van der Waals surface area contributed by atoms with Gasteiger partial charge in [0.15, 0.2) is 0 Å². The van der Waals surface area contributed by atoms with Crippen molar-refractivity contribution < 1.29 is 19.5 Å². The highest BCUT2D eigenvalue weighted by Gasteiger charge is 2.31. The molecule has 1 aliphatic carbocycles. The Kier molecular flexibility index (Phi) is 4.94. The molecule has 0 unspecified atom stereocenters. The Morgan fingerprint density at radius 3 is 2.50 bits per heavy atom. The minimum atomic E-state index is -0.823. The number of nitrogens with one attached hydrogen (secondary N) is 1. The van der Waals surface area contributed by atoms with Crippen molar-refractivity contribution in [1.82, 2.24) is 10.2 Å². The molecule has 1 fully saturated rings. The third-order valence-electron chi connectivity index (χ3n) is 3.13. The lowest BCUT2D eigenvalue weighted by Crippen LogP contribution is -2.47. The molecule has 0 aliphatic heterocycles. The second kappa shape index (κ2) is 6.23. The number of primary amides is 1. The van der Waals surface area contributed by atoms with Crippen molar-refractivity contribution in [3.05, 3.63) is 0 Å². The number of hydrogen-bond donors (Lipinski definition) is 3. The van der Waals surface area contributed by atoms with Crippen molar-refractivity contribution in [1.29, 1.82) is 0 Å². The molecule has 2 atom stereocenters. The highest BCUT2D eigenvalue weighted by atomic mass is 16.4. The molecule has 0 saturated heterocycles. The molecule has 0 aromatic carbocycles. The third-order valence-corrected chi connectivity index (χ3v) is 3.13. The lowest BCUT2D eigenvalue weighted by Gasteiger charge is -2.22. The Labute approximate surface area is 105 Å². The quantitative estimate of drug-likeness (QED) is 0.630. The fourth-order valence-corrected chi connectivity index (χ4v) is 2.12. The number of nitrogens with zero attached hydrogens (tertiary/aromatic N) is 1. The second-order valence-corrected chi connectivity index (χ2v) is 4.48. The zero-order valence-corrected chi connectivity index (χ0v) is 10.4. The van der Waals surface area contributed by atoms with Crippen LogP contribution in [-0.4, -0.2) is 47.0 Å². The largest absolute Gasteiger partial charge is 0.481 e. The molecule has 1 rings (SSSR count). The van der Waals surface area contributed by atoms with Crippen LogP contribution in [-0.2, 0) is 9.59 Å². The van der Waals surface area contributed by atoms with Gasteiger partial charge in [0.2, 0.25) is 5.91 Å². The van der Waals surface area contributed by atoms with Crippen LogP contribution >= 0.6 is 0 Å². The van der Waals surface area contributed by atoms with Crippen LogP contribution in [0, 0.1) is 5.92 Å². The van der Waals surface area contributed by atoms with Gasteiger partial charge in [-0.3, -0.25) is 9.59 Å². The van der Waals surface area contributed by atoms with Crippen LogP contribution in [0.25, 0.3) is 0 Å². The molecule has 0 heterocycles. The van der Waals surface area contributed by atoms with E-state index in [0.29, 0.717) is 25.8 Å². The topological polar surface area (TPSA) is 113 Å². The molecule has 0 spiro atoms. The van der Waals surface area contributed by atoms with Gasteiger partial charge in [-0.25, -0.2) is 4.79 Å². The first-order valence-corrected chi connectivity index (χ1v) is 6.00. The third kappa shape index (κ3) is 3.90. The van der Waals surface area contributed by atoms with Gasteiger partial charge in [-0.15, -0.1) is 0 Å². The summed E-state index contributed by atoms with van der Waals surface area (Å²) < 4.78 is 0. The number of aliphatic carboxylic acids is 1. The summed E-state index contributed by atoms with van der Waals surface area (Å²) in [7, 11) is 0. The Morgan fingerprint density at radius 1 is 1.39 bits per heavy atom. The van der Waals surface area contributed by atoms with Gasteiger partial charge < -0.3 is 21.1 Å². The maximum atomic E-state index is 11.8. The van der Waals surface area contributed by atoms with E-state index < -0.39 is 11.9 Å². The molecule has 102 valence electrons. The number of carboxylic acid groups (broad SMARTS) is 1. The van der Waals surface area contributed by atoms with Gasteiger partial charge in [-0.1, -0.05) is 0 Å². The van der Waals surface area contributed by atoms with Crippen LogP contribution in [0.1, 0.15) is 26.2 Å². The average Bonchev–Trinajstić information content (AvgIpc) is 2.74. The van der Waals surface area contributed by atoms with E-state index in [4.69, 9.17) is 10.8 Å². The smallest absolute Gasteiger partial charge is 0.318 e. The summed E-state index contributed by atoms with van der Waals surface area (Å²) in [5.41, 5.74) is 5.04. The normalized spacial score (nSPS) is 22.5. The van der Waals surface area contributed by atoms with Crippen molar-refractivity contribution in [2.24, 2.45) is 11.7 Å². The van der Waals surface area contributed by atoms with Gasteiger partial charge in [0.05, 0.1) is 5.92 Å². The van der Waals surface area contributed by atoms with E-state index in [1.165, 1.54) is 4.90 Å². The average molecular weight is 257 g/mol. The molecule has 18 heavy (non-hydrogen) atoms. The van der Waals surface area contributed by atoms with Crippen LogP contribution in [0.2, 0.25) is 0 Å². The molecular formula is C11H19N3O4. The Hall–Kier alpha value is -1.79. The van der Waals surface area contributed by atoms with Crippen molar-refractivity contribution in [2.75, 3.05) is 13.1 Å². The predicted molar refractivity (Wildman–Crippen MR) is 63.7 cm³/mol. The number of carbonyl (C=O) groups is 3. The summed E-state index contributed by atoms with van der Waals surface area (Å²) in [5, 5.41) is 11.6. The van der Waals surface area contributed by atoms with E-state index in [9.17, 15) is 14.4 Å². The monoisotopic (exact) mass is 257 g/mol. The maximum Gasteiger partial charge on any atom is 0.318 e. The minimum Gasteiger partial charge on any atom is -0.481 e. The van der Waals surface area contributed by atoms with Crippen LogP contribution < -0.4 is 11.1 Å². The molecule has 1 saturated carbocycles. The molecule has 3 amide bonds. The predicted octanol–water partition coefficient (Wildman–Crippen LogP) is -0.243. The number of carbonyl (C=O) groups excluding carboxylic acids is 2. The standard InChI is InChI=1S/C11H19N3O4/c1-2-14(6-9(12)15)11(18)13-8-4-3-7(5-8)10(16)17/h7-8H,2-6H2,1H3,(H2,12,15)(H,13,18)(H,16,17)/t7-,8+/m1/s1. The van der Waals surface area contributed by atoms with Gasteiger partial charge in [-0.05, 0) is 26.2 Å². The van der Waals surface area contributed by atoms with E-state index in [-0.39, 0.29) is 24.5 Å². The number of urea groups is 1. The molecule has 7 heteroatoms. The number of amides is 3. The Bertz CT molecular complexity index is 345. The van der Waals surface area contributed by atoms with E-state index in [1.807, 2.05) is 0 Å². The fraction of sp³-hybridized carbons (Fsp3) is 0.727. The summed E-state index contributed by atoms with van der Waals surface area (Å²) in [5.74, 6) is -1.78. The first kappa shape index (κ1) is 14.3. The highest BCUT2D eigenvalue weighted by molar-refractivity contribution is 5.83. The van der Waals surface area contributed by atoms with Crippen molar-refractivity contribution in [3.8, 4) is 0 Å². The second-order valence-electron chi connectivity index (χ2n) is 4.48. The molecule has 0 aromatic heterocycles. The highest BCUT2D eigenvalue weighted by Crippen LogP contribution is 2.25. The number of nitrogens with two attached hydrogens (primary N) is 1. The van der Waals surface area contributed by atoms with E-state index in [2.05, 4.69) is 5.32 Å². The minimum absolute atomic E-state index is 0.128. The SMILES string of the molecule is CCN(CC(N)=O)C(=O)N[C@H]1CC[C@@H](C(=O)O)C1. The molecule has 4 N–H and O–H groups in total. The molecular weight excluding hydrogens is 238 g/mol. The van der Waals surface area contributed by atoms with Gasteiger partial charge >= 0.3 is 12.0 Å². The zero-order chi connectivity index (χ0) is 13.7. The van der Waals surface area contributed by atoms with Gasteiger partial charge in [0, 0.05) is 12.6 Å². The summed E-state index contributed by atoms with van der Waals surface area (Å²) in [6.07, 6.45) is 1.66. The van der Waals surface area contributed by atoms with Crippen LogP contribution in [0.15, 0.2) is 0 Å². The zero-order valence-electron chi connectivity index (χ0n) is 10.4. The molecule has 0 bridgehead atoms. The summed E-state index contributed by atoms with van der Waals surface area (Å²) >= 11 is 0. The van der Waals surface area contributed by atoms with Crippen molar-refractivity contribution in [3.63, 3.8) is 0 Å².